The Balaban J connectivity index is 2.30. The SMILES string of the molecule is Cc1c(NC2CCOC(C)(C)C2)cc(N)cc1S(N)(=O)=O. The van der Waals surface area contributed by atoms with Gasteiger partial charge in [-0.15, -0.1) is 0 Å². The van der Waals surface area contributed by atoms with Crippen LogP contribution in [-0.2, 0) is 14.8 Å². The van der Waals surface area contributed by atoms with E-state index < -0.39 is 10.0 Å². The molecule has 0 spiro atoms. The lowest BCUT2D eigenvalue weighted by Gasteiger charge is -2.36. The Bertz CT molecular complexity index is 641. The van der Waals surface area contributed by atoms with Crippen LogP contribution >= 0.6 is 0 Å². The summed E-state index contributed by atoms with van der Waals surface area (Å²) in [5.41, 5.74) is 7.29. The molecular formula is C14H23N3O3S. The molecule has 0 radical (unpaired) electrons. The molecule has 0 amide bonds. The van der Waals surface area contributed by atoms with Gasteiger partial charge in [-0.05, 0) is 51.3 Å². The third-order valence-corrected chi connectivity index (χ3v) is 4.78. The lowest BCUT2D eigenvalue weighted by Crippen LogP contribution is -2.40. The summed E-state index contributed by atoms with van der Waals surface area (Å²) in [5.74, 6) is 0. The van der Waals surface area contributed by atoms with E-state index in [1.54, 1.807) is 13.0 Å². The largest absolute Gasteiger partial charge is 0.399 e. The van der Waals surface area contributed by atoms with Gasteiger partial charge in [-0.3, -0.25) is 0 Å². The van der Waals surface area contributed by atoms with Gasteiger partial charge in [-0.1, -0.05) is 0 Å². The summed E-state index contributed by atoms with van der Waals surface area (Å²) >= 11 is 0. The maximum absolute atomic E-state index is 11.6. The third-order valence-electron chi connectivity index (χ3n) is 3.75. The average Bonchev–Trinajstić information content (AvgIpc) is 2.30. The Labute approximate surface area is 125 Å². The van der Waals surface area contributed by atoms with E-state index in [1.807, 2.05) is 13.8 Å². The van der Waals surface area contributed by atoms with Gasteiger partial charge in [0.1, 0.15) is 0 Å². The predicted octanol–water partition coefficient (Wildman–Crippen LogP) is 1.59. The summed E-state index contributed by atoms with van der Waals surface area (Å²) in [5, 5.41) is 8.62. The molecule has 6 nitrogen and oxygen atoms in total. The molecule has 21 heavy (non-hydrogen) atoms. The fraction of sp³-hybridized carbons (Fsp3) is 0.571. The first-order valence-electron chi connectivity index (χ1n) is 6.92. The molecule has 1 heterocycles. The second kappa shape index (κ2) is 5.47. The summed E-state index contributed by atoms with van der Waals surface area (Å²) in [6, 6.07) is 3.35. The topological polar surface area (TPSA) is 107 Å². The van der Waals surface area contributed by atoms with Crippen LogP contribution in [0.25, 0.3) is 0 Å². The Kier molecular flexibility index (Phi) is 4.19. The monoisotopic (exact) mass is 313 g/mol. The highest BCUT2D eigenvalue weighted by Crippen LogP contribution is 2.30. The van der Waals surface area contributed by atoms with Crippen molar-refractivity contribution in [1.82, 2.24) is 0 Å². The van der Waals surface area contributed by atoms with E-state index in [9.17, 15) is 8.42 Å². The number of primary sulfonamides is 1. The van der Waals surface area contributed by atoms with Gasteiger partial charge in [0.25, 0.3) is 0 Å². The molecule has 0 aromatic heterocycles. The number of nitrogen functional groups attached to an aromatic ring is 1. The molecule has 1 atom stereocenters. The van der Waals surface area contributed by atoms with Crippen LogP contribution in [0.3, 0.4) is 0 Å². The van der Waals surface area contributed by atoms with Gasteiger partial charge < -0.3 is 15.8 Å². The zero-order valence-electron chi connectivity index (χ0n) is 12.6. The van der Waals surface area contributed by atoms with Crippen molar-refractivity contribution in [3.8, 4) is 0 Å². The lowest BCUT2D eigenvalue weighted by molar-refractivity contribution is -0.0553. The zero-order valence-corrected chi connectivity index (χ0v) is 13.5. The number of ether oxygens (including phenoxy) is 1. The van der Waals surface area contributed by atoms with Crippen LogP contribution in [0.1, 0.15) is 32.3 Å². The van der Waals surface area contributed by atoms with E-state index in [1.165, 1.54) is 6.07 Å². The molecule has 0 bridgehead atoms. The smallest absolute Gasteiger partial charge is 0.238 e. The number of sulfonamides is 1. The Morgan fingerprint density at radius 1 is 1.38 bits per heavy atom. The Morgan fingerprint density at radius 3 is 2.62 bits per heavy atom. The Hall–Kier alpha value is -1.31. The summed E-state index contributed by atoms with van der Waals surface area (Å²) in [6.45, 7) is 6.49. The average molecular weight is 313 g/mol. The molecular weight excluding hydrogens is 290 g/mol. The highest BCUT2D eigenvalue weighted by Gasteiger charge is 2.29. The highest BCUT2D eigenvalue weighted by molar-refractivity contribution is 7.89. The summed E-state index contributed by atoms with van der Waals surface area (Å²) < 4.78 is 28.9. The van der Waals surface area contributed by atoms with E-state index in [2.05, 4.69) is 5.32 Å². The van der Waals surface area contributed by atoms with Gasteiger partial charge in [0.05, 0.1) is 10.5 Å². The van der Waals surface area contributed by atoms with Gasteiger partial charge in [0.15, 0.2) is 0 Å². The van der Waals surface area contributed by atoms with Crippen LogP contribution < -0.4 is 16.2 Å². The van der Waals surface area contributed by atoms with Gasteiger partial charge in [0, 0.05) is 24.0 Å². The van der Waals surface area contributed by atoms with E-state index in [0.29, 0.717) is 23.5 Å². The van der Waals surface area contributed by atoms with E-state index in [-0.39, 0.29) is 16.5 Å². The predicted molar refractivity (Wildman–Crippen MR) is 83.6 cm³/mol. The van der Waals surface area contributed by atoms with E-state index >= 15 is 0 Å². The number of anilines is 2. The quantitative estimate of drug-likeness (QED) is 0.735. The summed E-state index contributed by atoms with van der Waals surface area (Å²) in [4.78, 5) is 0.0660. The molecule has 7 heteroatoms. The number of rotatable bonds is 3. The molecule has 1 unspecified atom stereocenters. The molecule has 0 aliphatic carbocycles. The maximum atomic E-state index is 11.6. The fourth-order valence-corrected chi connectivity index (χ4v) is 3.57. The van der Waals surface area contributed by atoms with Crippen LogP contribution in [0, 0.1) is 6.92 Å². The number of nitrogens with one attached hydrogen (secondary N) is 1. The highest BCUT2D eigenvalue weighted by atomic mass is 32.2. The molecule has 118 valence electrons. The second-order valence-corrected chi connectivity index (χ2v) is 7.71. The molecule has 0 saturated carbocycles. The first-order chi connectivity index (χ1) is 9.58. The molecule has 1 aliphatic rings. The van der Waals surface area contributed by atoms with Crippen LogP contribution in [0.2, 0.25) is 0 Å². The number of nitrogens with two attached hydrogens (primary N) is 2. The van der Waals surface area contributed by atoms with Gasteiger partial charge in [-0.25, -0.2) is 13.6 Å². The van der Waals surface area contributed by atoms with E-state index in [4.69, 9.17) is 15.6 Å². The van der Waals surface area contributed by atoms with Crippen LogP contribution in [-0.4, -0.2) is 26.7 Å². The molecule has 1 aromatic carbocycles. The van der Waals surface area contributed by atoms with Gasteiger partial charge in [0.2, 0.25) is 10.0 Å². The first-order valence-corrected chi connectivity index (χ1v) is 8.46. The minimum Gasteiger partial charge on any atom is -0.399 e. The molecule has 1 aromatic rings. The lowest BCUT2D eigenvalue weighted by atomic mass is 9.93. The van der Waals surface area contributed by atoms with Gasteiger partial charge >= 0.3 is 0 Å². The summed E-state index contributed by atoms with van der Waals surface area (Å²) in [6.07, 6.45) is 1.70. The third kappa shape index (κ3) is 3.87. The molecule has 1 aliphatic heterocycles. The standard InChI is InChI=1S/C14H23N3O3S/c1-9-12(6-10(15)7-13(9)21(16,18)19)17-11-4-5-20-14(2,3)8-11/h6-7,11,17H,4-5,8,15H2,1-3H3,(H2,16,18,19). The fourth-order valence-electron chi connectivity index (χ4n) is 2.73. The minimum absolute atomic E-state index is 0.0660. The van der Waals surface area contributed by atoms with Gasteiger partial charge in [-0.2, -0.15) is 0 Å². The normalized spacial score (nSPS) is 22.0. The van der Waals surface area contributed by atoms with Crippen molar-refractivity contribution in [3.63, 3.8) is 0 Å². The number of benzene rings is 1. The van der Waals surface area contributed by atoms with Crippen molar-refractivity contribution in [2.75, 3.05) is 17.7 Å². The van der Waals surface area contributed by atoms with E-state index in [0.717, 1.165) is 12.8 Å². The first kappa shape index (κ1) is 16.1. The van der Waals surface area contributed by atoms with Crippen LogP contribution in [0.5, 0.6) is 0 Å². The number of hydrogen-bond donors (Lipinski definition) is 3. The zero-order chi connectivity index (χ0) is 15.8. The molecule has 1 fully saturated rings. The van der Waals surface area contributed by atoms with Crippen molar-refractivity contribution in [2.45, 2.75) is 50.2 Å². The van der Waals surface area contributed by atoms with Crippen molar-refractivity contribution in [1.29, 1.82) is 0 Å². The van der Waals surface area contributed by atoms with Crippen LogP contribution in [0.15, 0.2) is 17.0 Å². The number of hydrogen-bond acceptors (Lipinski definition) is 5. The van der Waals surface area contributed by atoms with Crippen molar-refractivity contribution >= 4 is 21.4 Å². The molecule has 2 rings (SSSR count). The van der Waals surface area contributed by atoms with Crippen molar-refractivity contribution in [3.05, 3.63) is 17.7 Å². The molecule has 5 N–H and O–H groups in total. The second-order valence-electron chi connectivity index (χ2n) is 6.18. The van der Waals surface area contributed by atoms with Crippen molar-refractivity contribution < 1.29 is 13.2 Å². The minimum atomic E-state index is -3.79. The van der Waals surface area contributed by atoms with Crippen molar-refractivity contribution in [2.24, 2.45) is 5.14 Å². The molecule has 1 saturated heterocycles. The summed E-state index contributed by atoms with van der Waals surface area (Å²) in [7, 11) is -3.79. The maximum Gasteiger partial charge on any atom is 0.238 e. The van der Waals surface area contributed by atoms with Crippen LogP contribution in [0.4, 0.5) is 11.4 Å². The Morgan fingerprint density at radius 2 is 2.05 bits per heavy atom.